The van der Waals surface area contributed by atoms with E-state index in [4.69, 9.17) is 4.74 Å². The van der Waals surface area contributed by atoms with Gasteiger partial charge >= 0.3 is 0 Å². The molecule has 1 aromatic carbocycles. The standard InChI is InChI=1S/C21H34O/c1-4-5-6-7-8-18(3)22-21-15-13-20(14-16-21)19-11-9-17(2)10-12-19/h13-19H,4-12H2,1-3H3. The molecule has 1 saturated carbocycles. The van der Waals surface area contributed by atoms with Crippen molar-refractivity contribution in [2.75, 3.05) is 0 Å². The van der Waals surface area contributed by atoms with Crippen molar-refractivity contribution >= 4 is 0 Å². The maximum Gasteiger partial charge on any atom is 0.119 e. The lowest BCUT2D eigenvalue weighted by Gasteiger charge is -2.26. The maximum atomic E-state index is 6.05. The van der Waals surface area contributed by atoms with Gasteiger partial charge in [-0.1, -0.05) is 58.1 Å². The van der Waals surface area contributed by atoms with E-state index in [0.717, 1.165) is 17.6 Å². The van der Waals surface area contributed by atoms with Crippen molar-refractivity contribution in [2.45, 2.75) is 90.6 Å². The summed E-state index contributed by atoms with van der Waals surface area (Å²) in [5.41, 5.74) is 1.51. The lowest BCUT2D eigenvalue weighted by molar-refractivity contribution is 0.206. The predicted octanol–water partition coefficient (Wildman–Crippen LogP) is 6.72. The summed E-state index contributed by atoms with van der Waals surface area (Å²) < 4.78 is 6.05. The monoisotopic (exact) mass is 302 g/mol. The van der Waals surface area contributed by atoms with E-state index >= 15 is 0 Å². The van der Waals surface area contributed by atoms with Crippen molar-refractivity contribution in [3.63, 3.8) is 0 Å². The van der Waals surface area contributed by atoms with E-state index in [0.29, 0.717) is 6.10 Å². The highest BCUT2D eigenvalue weighted by Crippen LogP contribution is 2.36. The Kier molecular flexibility index (Phi) is 7.29. The first-order valence-corrected chi connectivity index (χ1v) is 9.45. The van der Waals surface area contributed by atoms with Gasteiger partial charge in [0.05, 0.1) is 6.10 Å². The van der Waals surface area contributed by atoms with Crippen LogP contribution in [0.1, 0.15) is 90.0 Å². The van der Waals surface area contributed by atoms with Crippen LogP contribution in [-0.2, 0) is 0 Å². The summed E-state index contributed by atoms with van der Waals surface area (Å²) in [5.74, 6) is 2.74. The number of unbranched alkanes of at least 4 members (excludes halogenated alkanes) is 3. The Morgan fingerprint density at radius 3 is 2.32 bits per heavy atom. The van der Waals surface area contributed by atoms with Crippen LogP contribution in [0.4, 0.5) is 0 Å². The molecule has 1 heteroatoms. The second-order valence-corrected chi connectivity index (χ2v) is 7.30. The second-order valence-electron chi connectivity index (χ2n) is 7.30. The molecule has 0 aliphatic heterocycles. The zero-order chi connectivity index (χ0) is 15.8. The quantitative estimate of drug-likeness (QED) is 0.484. The van der Waals surface area contributed by atoms with Crippen LogP contribution in [0.2, 0.25) is 0 Å². The van der Waals surface area contributed by atoms with Gasteiger partial charge in [0.15, 0.2) is 0 Å². The summed E-state index contributed by atoms with van der Waals surface area (Å²) in [7, 11) is 0. The van der Waals surface area contributed by atoms with Crippen LogP contribution < -0.4 is 4.74 Å². The summed E-state index contributed by atoms with van der Waals surface area (Å²) in [6.45, 7) is 6.84. The summed E-state index contributed by atoms with van der Waals surface area (Å²) in [6.07, 6.45) is 12.3. The van der Waals surface area contributed by atoms with Gasteiger partial charge in [-0.25, -0.2) is 0 Å². The average Bonchev–Trinajstić information content (AvgIpc) is 2.53. The summed E-state index contributed by atoms with van der Waals surface area (Å²) in [5, 5.41) is 0. The van der Waals surface area contributed by atoms with Crippen LogP contribution in [0.25, 0.3) is 0 Å². The molecular formula is C21H34O. The maximum absolute atomic E-state index is 6.05. The Morgan fingerprint density at radius 1 is 1.00 bits per heavy atom. The third-order valence-corrected chi connectivity index (χ3v) is 5.17. The molecular weight excluding hydrogens is 268 g/mol. The topological polar surface area (TPSA) is 9.23 Å². The molecule has 2 rings (SSSR count). The first-order valence-electron chi connectivity index (χ1n) is 9.45. The largest absolute Gasteiger partial charge is 0.491 e. The molecule has 1 aromatic rings. The highest BCUT2D eigenvalue weighted by atomic mass is 16.5. The smallest absolute Gasteiger partial charge is 0.119 e. The normalized spacial score (nSPS) is 23.2. The fraction of sp³-hybridized carbons (Fsp3) is 0.714. The van der Waals surface area contributed by atoms with Gasteiger partial charge in [0, 0.05) is 0 Å². The fourth-order valence-corrected chi connectivity index (χ4v) is 3.56. The van der Waals surface area contributed by atoms with Crippen molar-refractivity contribution < 1.29 is 4.74 Å². The molecule has 1 atom stereocenters. The minimum Gasteiger partial charge on any atom is -0.491 e. The minimum atomic E-state index is 0.332. The zero-order valence-electron chi connectivity index (χ0n) is 14.8. The van der Waals surface area contributed by atoms with Crippen LogP contribution in [0.5, 0.6) is 5.75 Å². The van der Waals surface area contributed by atoms with Gasteiger partial charge in [-0.15, -0.1) is 0 Å². The van der Waals surface area contributed by atoms with Gasteiger partial charge in [0.2, 0.25) is 0 Å². The van der Waals surface area contributed by atoms with Gasteiger partial charge < -0.3 is 4.74 Å². The Hall–Kier alpha value is -0.980. The third kappa shape index (κ3) is 5.66. The number of rotatable bonds is 8. The number of benzene rings is 1. The van der Waals surface area contributed by atoms with Crippen molar-refractivity contribution in [1.29, 1.82) is 0 Å². The first-order chi connectivity index (χ1) is 10.7. The molecule has 0 aromatic heterocycles. The van der Waals surface area contributed by atoms with E-state index in [1.54, 1.807) is 0 Å². The predicted molar refractivity (Wildman–Crippen MR) is 95.7 cm³/mol. The third-order valence-electron chi connectivity index (χ3n) is 5.17. The Labute approximate surface area is 137 Å². The highest BCUT2D eigenvalue weighted by molar-refractivity contribution is 5.29. The highest BCUT2D eigenvalue weighted by Gasteiger charge is 2.19. The van der Waals surface area contributed by atoms with Crippen LogP contribution in [0, 0.1) is 5.92 Å². The first kappa shape index (κ1) is 17.4. The van der Waals surface area contributed by atoms with Gasteiger partial charge in [0.25, 0.3) is 0 Å². The van der Waals surface area contributed by atoms with Crippen LogP contribution in [-0.4, -0.2) is 6.10 Å². The average molecular weight is 303 g/mol. The van der Waals surface area contributed by atoms with Crippen molar-refractivity contribution in [3.8, 4) is 5.75 Å². The van der Waals surface area contributed by atoms with E-state index in [-0.39, 0.29) is 0 Å². The van der Waals surface area contributed by atoms with Crippen molar-refractivity contribution in [1.82, 2.24) is 0 Å². The van der Waals surface area contributed by atoms with Gasteiger partial charge in [0.1, 0.15) is 5.75 Å². The Morgan fingerprint density at radius 2 is 1.68 bits per heavy atom. The molecule has 124 valence electrons. The molecule has 0 N–H and O–H groups in total. The zero-order valence-corrected chi connectivity index (χ0v) is 14.8. The molecule has 0 bridgehead atoms. The molecule has 1 unspecified atom stereocenters. The SMILES string of the molecule is CCCCCCC(C)Oc1ccc(C2CCC(C)CC2)cc1. The number of hydrogen-bond donors (Lipinski definition) is 0. The lowest BCUT2D eigenvalue weighted by Crippen LogP contribution is -2.12. The lowest BCUT2D eigenvalue weighted by atomic mass is 9.79. The minimum absolute atomic E-state index is 0.332. The van der Waals surface area contributed by atoms with Gasteiger partial charge in [-0.05, 0) is 62.1 Å². The van der Waals surface area contributed by atoms with Gasteiger partial charge in [-0.3, -0.25) is 0 Å². The molecule has 1 nitrogen and oxygen atoms in total. The van der Waals surface area contributed by atoms with E-state index in [1.165, 1.54) is 63.4 Å². The van der Waals surface area contributed by atoms with E-state index in [2.05, 4.69) is 45.0 Å². The fourth-order valence-electron chi connectivity index (χ4n) is 3.56. The van der Waals surface area contributed by atoms with E-state index in [1.807, 2.05) is 0 Å². The molecule has 0 spiro atoms. The molecule has 1 aliphatic carbocycles. The number of hydrogen-bond acceptors (Lipinski definition) is 1. The number of ether oxygens (including phenoxy) is 1. The van der Waals surface area contributed by atoms with Crippen molar-refractivity contribution in [3.05, 3.63) is 29.8 Å². The summed E-state index contributed by atoms with van der Waals surface area (Å²) in [6, 6.07) is 8.94. The molecule has 0 radical (unpaired) electrons. The molecule has 1 fully saturated rings. The molecule has 0 heterocycles. The summed E-state index contributed by atoms with van der Waals surface area (Å²) in [4.78, 5) is 0. The van der Waals surface area contributed by atoms with Crippen LogP contribution >= 0.6 is 0 Å². The van der Waals surface area contributed by atoms with Crippen molar-refractivity contribution in [2.24, 2.45) is 5.92 Å². The Bertz CT molecular complexity index is 400. The summed E-state index contributed by atoms with van der Waals surface area (Å²) >= 11 is 0. The van der Waals surface area contributed by atoms with Crippen LogP contribution in [0.3, 0.4) is 0 Å². The van der Waals surface area contributed by atoms with Crippen LogP contribution in [0.15, 0.2) is 24.3 Å². The van der Waals surface area contributed by atoms with E-state index in [9.17, 15) is 0 Å². The van der Waals surface area contributed by atoms with E-state index < -0.39 is 0 Å². The Balaban J connectivity index is 1.76. The molecule has 0 saturated heterocycles. The molecule has 0 amide bonds. The van der Waals surface area contributed by atoms with Gasteiger partial charge in [-0.2, -0.15) is 0 Å². The second kappa shape index (κ2) is 9.22. The molecule has 22 heavy (non-hydrogen) atoms. The molecule has 1 aliphatic rings.